The number of piperazine rings is 1. The molecule has 0 saturated carbocycles. The summed E-state index contributed by atoms with van der Waals surface area (Å²) in [5.41, 5.74) is 2.11. The molecule has 1 fully saturated rings. The Morgan fingerprint density at radius 3 is 2.58 bits per heavy atom. The molecule has 0 spiro atoms. The molecule has 2 aromatic carbocycles. The second-order valence-electron chi connectivity index (χ2n) is 8.30. The number of carbonyl (C=O) groups is 1. The lowest BCUT2D eigenvalue weighted by Crippen LogP contribution is -2.49. The summed E-state index contributed by atoms with van der Waals surface area (Å²) in [7, 11) is 0. The van der Waals surface area contributed by atoms with E-state index in [1.165, 1.54) is 11.6 Å². The first-order valence-corrected chi connectivity index (χ1v) is 11.3. The van der Waals surface area contributed by atoms with Crippen LogP contribution in [-0.2, 0) is 4.79 Å². The topological polar surface area (TPSA) is 71.7 Å². The number of para-hydroxylation sites is 1. The van der Waals surface area contributed by atoms with E-state index in [1.54, 1.807) is 18.2 Å². The van der Waals surface area contributed by atoms with Gasteiger partial charge in [-0.05, 0) is 32.4 Å². The number of carbonyl (C=O) groups excluding carboxylic acids is 1. The van der Waals surface area contributed by atoms with Gasteiger partial charge in [0, 0.05) is 38.2 Å². The molecule has 8 heteroatoms. The predicted molar refractivity (Wildman–Crippen MR) is 122 cm³/mol. The van der Waals surface area contributed by atoms with E-state index in [9.17, 15) is 9.18 Å². The zero-order valence-corrected chi connectivity index (χ0v) is 19.0. The summed E-state index contributed by atoms with van der Waals surface area (Å²) in [4.78, 5) is 21.2. The van der Waals surface area contributed by atoms with Gasteiger partial charge in [-0.1, -0.05) is 47.1 Å². The third-order valence-corrected chi connectivity index (χ3v) is 5.95. The van der Waals surface area contributed by atoms with Crippen LogP contribution in [-0.4, -0.2) is 58.6 Å². The average Bonchev–Trinajstić information content (AvgIpc) is 3.33. The fourth-order valence-electron chi connectivity index (χ4n) is 3.87. The first-order valence-electron chi connectivity index (χ1n) is 11.3. The van der Waals surface area contributed by atoms with Crippen LogP contribution in [0.4, 0.5) is 4.39 Å². The van der Waals surface area contributed by atoms with Crippen molar-refractivity contribution in [1.29, 1.82) is 0 Å². The molecule has 7 nitrogen and oxygen atoms in total. The van der Waals surface area contributed by atoms with Gasteiger partial charge in [-0.25, -0.2) is 4.39 Å². The van der Waals surface area contributed by atoms with Gasteiger partial charge in [0.1, 0.15) is 0 Å². The molecule has 4 rings (SSSR count). The smallest absolute Gasteiger partial charge is 0.244 e. The maximum atomic E-state index is 13.6. The van der Waals surface area contributed by atoms with Crippen LogP contribution >= 0.6 is 0 Å². The maximum Gasteiger partial charge on any atom is 0.244 e. The molecule has 1 aromatic heterocycles. The Hall–Kier alpha value is -3.26. The van der Waals surface area contributed by atoms with Crippen molar-refractivity contribution in [3.8, 4) is 17.1 Å². The highest BCUT2D eigenvalue weighted by atomic mass is 19.1. The number of aromatic nitrogens is 2. The summed E-state index contributed by atoms with van der Waals surface area (Å²) in [6, 6.07) is 14.3. The van der Waals surface area contributed by atoms with Crippen LogP contribution in [0, 0.1) is 12.7 Å². The second-order valence-corrected chi connectivity index (χ2v) is 8.30. The molecular formula is C25H29FN4O3. The molecule has 0 bridgehead atoms. The molecule has 0 N–H and O–H groups in total. The van der Waals surface area contributed by atoms with Crippen LogP contribution in [0.15, 0.2) is 53.1 Å². The molecule has 1 saturated heterocycles. The molecule has 1 amide bonds. The lowest BCUT2D eigenvalue weighted by Gasteiger charge is -2.36. The molecule has 33 heavy (non-hydrogen) atoms. The molecular weight excluding hydrogens is 423 g/mol. The molecule has 3 aromatic rings. The van der Waals surface area contributed by atoms with E-state index in [0.29, 0.717) is 44.3 Å². The third-order valence-electron chi connectivity index (χ3n) is 5.95. The fraction of sp³-hybridized carbons (Fsp3) is 0.400. The number of amides is 1. The molecule has 1 unspecified atom stereocenters. The number of hydrogen-bond donors (Lipinski definition) is 0. The fourth-order valence-corrected chi connectivity index (χ4v) is 3.87. The minimum absolute atomic E-state index is 0.0249. The predicted octanol–water partition coefficient (Wildman–Crippen LogP) is 4.25. The number of ether oxygens (including phenoxy) is 1. The first-order chi connectivity index (χ1) is 16.0. The quantitative estimate of drug-likeness (QED) is 0.476. The van der Waals surface area contributed by atoms with Crippen LogP contribution in [0.5, 0.6) is 5.75 Å². The van der Waals surface area contributed by atoms with E-state index in [2.05, 4.69) is 15.0 Å². The molecule has 1 atom stereocenters. The second kappa shape index (κ2) is 10.6. The highest BCUT2D eigenvalue weighted by Gasteiger charge is 2.27. The Kier molecular flexibility index (Phi) is 7.34. The van der Waals surface area contributed by atoms with Gasteiger partial charge in [0.05, 0.1) is 12.6 Å². The van der Waals surface area contributed by atoms with Crippen molar-refractivity contribution in [2.24, 2.45) is 0 Å². The largest absolute Gasteiger partial charge is 0.491 e. The SMILES string of the molecule is Cc1ccc(-c2noc(C(C)N3CCN(C(=O)CCCOc4ccccc4F)CC3)n2)cc1. The molecule has 174 valence electrons. The Bertz CT molecular complexity index is 1060. The number of rotatable bonds is 8. The molecule has 1 aliphatic rings. The standard InChI is InChI=1S/C25H29FN4O3/c1-18-9-11-20(12-10-18)24-27-25(33-28-24)19(2)29-13-15-30(16-14-29)23(31)8-5-17-32-22-7-4-3-6-21(22)26/h3-4,6-7,9-12,19H,5,8,13-17H2,1-2H3. The number of hydrogen-bond acceptors (Lipinski definition) is 6. The Morgan fingerprint density at radius 1 is 1.12 bits per heavy atom. The van der Waals surface area contributed by atoms with E-state index in [0.717, 1.165) is 18.7 Å². The molecule has 0 aliphatic carbocycles. The average molecular weight is 453 g/mol. The van der Waals surface area contributed by atoms with Crippen molar-refractivity contribution in [2.45, 2.75) is 32.7 Å². The van der Waals surface area contributed by atoms with Gasteiger partial charge in [-0.15, -0.1) is 0 Å². The number of halogens is 1. The molecule has 2 heterocycles. The number of nitrogens with zero attached hydrogens (tertiary/aromatic N) is 4. The zero-order chi connectivity index (χ0) is 23.2. The third kappa shape index (κ3) is 5.76. The van der Waals surface area contributed by atoms with Gasteiger partial charge in [0.2, 0.25) is 17.6 Å². The van der Waals surface area contributed by atoms with Crippen LogP contribution in [0.3, 0.4) is 0 Å². The molecule has 1 aliphatic heterocycles. The Morgan fingerprint density at radius 2 is 1.85 bits per heavy atom. The number of benzene rings is 2. The highest BCUT2D eigenvalue weighted by Crippen LogP contribution is 2.24. The van der Waals surface area contributed by atoms with Gasteiger partial charge in [0.25, 0.3) is 0 Å². The summed E-state index contributed by atoms with van der Waals surface area (Å²) in [5.74, 6) is 1.10. The van der Waals surface area contributed by atoms with E-state index >= 15 is 0 Å². The lowest BCUT2D eigenvalue weighted by molar-refractivity contribution is -0.133. The highest BCUT2D eigenvalue weighted by molar-refractivity contribution is 5.76. The summed E-state index contributed by atoms with van der Waals surface area (Å²) in [6.07, 6.45) is 0.932. The van der Waals surface area contributed by atoms with Gasteiger partial charge in [0.15, 0.2) is 11.6 Å². The van der Waals surface area contributed by atoms with Crippen LogP contribution < -0.4 is 4.74 Å². The van der Waals surface area contributed by atoms with E-state index in [4.69, 9.17) is 9.26 Å². The molecule has 0 radical (unpaired) electrons. The number of aryl methyl sites for hydroxylation is 1. The van der Waals surface area contributed by atoms with Crippen molar-refractivity contribution >= 4 is 5.91 Å². The van der Waals surface area contributed by atoms with Crippen LogP contribution in [0.2, 0.25) is 0 Å². The zero-order valence-electron chi connectivity index (χ0n) is 19.0. The van der Waals surface area contributed by atoms with Crippen LogP contribution in [0.1, 0.15) is 37.3 Å². The van der Waals surface area contributed by atoms with Gasteiger partial charge in [-0.3, -0.25) is 9.69 Å². The van der Waals surface area contributed by atoms with Gasteiger partial charge >= 0.3 is 0 Å². The maximum absolute atomic E-state index is 13.6. The van der Waals surface area contributed by atoms with Crippen molar-refractivity contribution in [2.75, 3.05) is 32.8 Å². The van der Waals surface area contributed by atoms with Gasteiger partial charge in [-0.2, -0.15) is 4.98 Å². The minimum Gasteiger partial charge on any atom is -0.491 e. The van der Waals surface area contributed by atoms with Gasteiger partial charge < -0.3 is 14.2 Å². The summed E-state index contributed by atoms with van der Waals surface area (Å²) in [6.45, 7) is 7.17. The van der Waals surface area contributed by atoms with Crippen molar-refractivity contribution in [1.82, 2.24) is 19.9 Å². The lowest BCUT2D eigenvalue weighted by atomic mass is 10.1. The first kappa shape index (κ1) is 22.9. The van der Waals surface area contributed by atoms with E-state index < -0.39 is 0 Å². The Balaban J connectivity index is 1.22. The minimum atomic E-state index is -0.388. The normalized spacial score (nSPS) is 15.4. The monoisotopic (exact) mass is 452 g/mol. The Labute approximate surface area is 193 Å². The van der Waals surface area contributed by atoms with E-state index in [1.807, 2.05) is 43.0 Å². The van der Waals surface area contributed by atoms with Crippen molar-refractivity contribution < 1.29 is 18.4 Å². The van der Waals surface area contributed by atoms with Crippen molar-refractivity contribution in [3.63, 3.8) is 0 Å². The van der Waals surface area contributed by atoms with Crippen LogP contribution in [0.25, 0.3) is 11.4 Å². The summed E-state index contributed by atoms with van der Waals surface area (Å²) in [5, 5.41) is 4.13. The van der Waals surface area contributed by atoms with E-state index in [-0.39, 0.29) is 23.5 Å². The van der Waals surface area contributed by atoms with Crippen molar-refractivity contribution in [3.05, 3.63) is 65.8 Å². The summed E-state index contributed by atoms with van der Waals surface area (Å²) >= 11 is 0. The summed E-state index contributed by atoms with van der Waals surface area (Å²) < 4.78 is 24.5.